The van der Waals surface area contributed by atoms with Gasteiger partial charge < -0.3 is 10.1 Å². The number of hydrogen-bond acceptors (Lipinski definition) is 6. The molecule has 0 unspecified atom stereocenters. The third-order valence-corrected chi connectivity index (χ3v) is 3.15. The predicted molar refractivity (Wildman–Crippen MR) is 84.7 cm³/mol. The lowest BCUT2D eigenvalue weighted by atomic mass is 10.3. The topological polar surface area (TPSA) is 115 Å². The number of carbonyl (C=O) groups is 1. The number of hydrogen-bond donors (Lipinski definition) is 2. The van der Waals surface area contributed by atoms with E-state index in [1.165, 1.54) is 6.20 Å². The monoisotopic (exact) mass is 339 g/mol. The summed E-state index contributed by atoms with van der Waals surface area (Å²) in [4.78, 5) is 13.1. The molecule has 0 atom stereocenters. The van der Waals surface area contributed by atoms with E-state index in [0.717, 1.165) is 11.1 Å². The van der Waals surface area contributed by atoms with Crippen LogP contribution in [0.2, 0.25) is 0 Å². The van der Waals surface area contributed by atoms with Gasteiger partial charge in [0, 0.05) is 0 Å². The van der Waals surface area contributed by atoms with Gasteiger partial charge >= 0.3 is 0 Å². The number of anilines is 2. The molecular weight excluding hydrogens is 322 g/mol. The second kappa shape index (κ2) is 7.09. The van der Waals surface area contributed by atoms with Crippen molar-refractivity contribution in [2.75, 3.05) is 22.9 Å². The van der Waals surface area contributed by atoms with E-state index in [0.29, 0.717) is 18.0 Å². The van der Waals surface area contributed by atoms with Crippen molar-refractivity contribution in [2.24, 2.45) is 0 Å². The van der Waals surface area contributed by atoms with Gasteiger partial charge in [0.1, 0.15) is 12.3 Å². The Balaban J connectivity index is 2.00. The van der Waals surface area contributed by atoms with Gasteiger partial charge in [-0.05, 0) is 19.1 Å². The fourth-order valence-electron chi connectivity index (χ4n) is 1.78. The molecule has 124 valence electrons. The van der Waals surface area contributed by atoms with Gasteiger partial charge in [0.2, 0.25) is 15.9 Å². The summed E-state index contributed by atoms with van der Waals surface area (Å²) in [6.07, 6.45) is 2.23. The number of ether oxygens (including phenoxy) is 1. The van der Waals surface area contributed by atoms with Crippen molar-refractivity contribution in [1.82, 2.24) is 15.0 Å². The van der Waals surface area contributed by atoms with E-state index in [4.69, 9.17) is 4.74 Å². The Labute approximate surface area is 133 Å². The number of aromatic nitrogens is 3. The van der Waals surface area contributed by atoms with Crippen molar-refractivity contribution in [3.05, 3.63) is 30.5 Å². The number of rotatable bonds is 7. The first-order chi connectivity index (χ1) is 10.9. The zero-order valence-electron chi connectivity index (χ0n) is 12.7. The first-order valence-electron chi connectivity index (χ1n) is 6.77. The lowest BCUT2D eigenvalue weighted by molar-refractivity contribution is -0.117. The van der Waals surface area contributed by atoms with E-state index in [9.17, 15) is 13.2 Å². The second-order valence-electron chi connectivity index (χ2n) is 4.61. The molecule has 1 amide bonds. The highest BCUT2D eigenvalue weighted by molar-refractivity contribution is 7.92. The number of nitrogens with one attached hydrogen (secondary N) is 2. The molecule has 0 aliphatic carbocycles. The third kappa shape index (κ3) is 5.25. The molecule has 1 heterocycles. The van der Waals surface area contributed by atoms with E-state index in [2.05, 4.69) is 20.2 Å². The number of para-hydroxylation sites is 2. The van der Waals surface area contributed by atoms with Crippen molar-refractivity contribution < 1.29 is 17.9 Å². The molecule has 9 nitrogen and oxygen atoms in total. The van der Waals surface area contributed by atoms with Crippen LogP contribution in [-0.4, -0.2) is 42.2 Å². The highest BCUT2D eigenvalue weighted by Gasteiger charge is 2.11. The maximum absolute atomic E-state index is 12.0. The molecule has 1 aromatic heterocycles. The molecule has 2 rings (SSSR count). The van der Waals surface area contributed by atoms with Gasteiger partial charge in [-0.3, -0.25) is 9.52 Å². The SMILES string of the molecule is CCOc1ccccc1NC(=O)Cn1ncc(NS(C)(=O)=O)n1. The van der Waals surface area contributed by atoms with Crippen LogP contribution < -0.4 is 14.8 Å². The van der Waals surface area contributed by atoms with Crippen molar-refractivity contribution >= 4 is 27.4 Å². The highest BCUT2D eigenvalue weighted by Crippen LogP contribution is 2.23. The van der Waals surface area contributed by atoms with Crippen molar-refractivity contribution in [3.63, 3.8) is 0 Å². The van der Waals surface area contributed by atoms with Crippen LogP contribution in [0.25, 0.3) is 0 Å². The van der Waals surface area contributed by atoms with Gasteiger partial charge in [-0.2, -0.15) is 9.90 Å². The first kappa shape index (κ1) is 16.7. The van der Waals surface area contributed by atoms with Crippen LogP contribution in [0.4, 0.5) is 11.5 Å². The normalized spacial score (nSPS) is 11.0. The third-order valence-electron chi connectivity index (χ3n) is 2.57. The number of sulfonamides is 1. The van der Waals surface area contributed by atoms with Crippen LogP contribution >= 0.6 is 0 Å². The van der Waals surface area contributed by atoms with E-state index in [1.807, 2.05) is 6.92 Å². The number of amides is 1. The maximum atomic E-state index is 12.0. The molecule has 0 bridgehead atoms. The summed E-state index contributed by atoms with van der Waals surface area (Å²) in [5.41, 5.74) is 0.543. The van der Waals surface area contributed by atoms with Crippen LogP contribution in [0.5, 0.6) is 5.75 Å². The number of benzene rings is 1. The minimum Gasteiger partial charge on any atom is -0.492 e. The van der Waals surface area contributed by atoms with E-state index >= 15 is 0 Å². The number of nitrogens with zero attached hydrogens (tertiary/aromatic N) is 3. The Kier molecular flexibility index (Phi) is 5.16. The van der Waals surface area contributed by atoms with Crippen LogP contribution in [0.15, 0.2) is 30.5 Å². The van der Waals surface area contributed by atoms with Gasteiger partial charge in [-0.1, -0.05) is 12.1 Å². The zero-order chi connectivity index (χ0) is 16.9. The van der Waals surface area contributed by atoms with Gasteiger partial charge in [0.25, 0.3) is 0 Å². The van der Waals surface area contributed by atoms with Crippen LogP contribution in [0.3, 0.4) is 0 Å². The molecule has 0 aliphatic heterocycles. The van der Waals surface area contributed by atoms with E-state index < -0.39 is 10.0 Å². The Morgan fingerprint density at radius 3 is 2.78 bits per heavy atom. The molecule has 2 N–H and O–H groups in total. The standard InChI is InChI=1S/C13H17N5O4S/c1-3-22-11-7-5-4-6-10(11)15-13(19)9-18-14-8-12(16-18)17-23(2,20)21/h4-8H,3,9H2,1-2H3,(H,15,19)(H,16,17). The summed E-state index contributed by atoms with van der Waals surface area (Å²) in [5, 5.41) is 10.4. The quantitative estimate of drug-likeness (QED) is 0.767. The molecule has 0 spiro atoms. The summed E-state index contributed by atoms with van der Waals surface area (Å²) >= 11 is 0. The Hall–Kier alpha value is -2.62. The van der Waals surface area contributed by atoms with Crippen LogP contribution in [0, 0.1) is 0 Å². The molecule has 1 aromatic carbocycles. The molecule has 0 aliphatic rings. The largest absolute Gasteiger partial charge is 0.492 e. The van der Waals surface area contributed by atoms with Crippen molar-refractivity contribution in [1.29, 1.82) is 0 Å². The summed E-state index contributed by atoms with van der Waals surface area (Å²) in [7, 11) is -3.44. The van der Waals surface area contributed by atoms with Crippen molar-refractivity contribution in [3.8, 4) is 5.75 Å². The van der Waals surface area contributed by atoms with E-state index in [-0.39, 0.29) is 18.3 Å². The van der Waals surface area contributed by atoms with Crippen LogP contribution in [0.1, 0.15) is 6.92 Å². The summed E-state index contributed by atoms with van der Waals surface area (Å²) < 4.78 is 29.8. The summed E-state index contributed by atoms with van der Waals surface area (Å²) in [5.74, 6) is 0.255. The Morgan fingerprint density at radius 2 is 2.09 bits per heavy atom. The molecule has 10 heteroatoms. The summed E-state index contributed by atoms with van der Waals surface area (Å²) in [6, 6.07) is 7.05. The minimum atomic E-state index is -3.44. The Morgan fingerprint density at radius 1 is 1.35 bits per heavy atom. The van der Waals surface area contributed by atoms with Gasteiger partial charge in [-0.15, -0.1) is 5.10 Å². The van der Waals surface area contributed by atoms with Crippen LogP contribution in [-0.2, 0) is 21.4 Å². The smallest absolute Gasteiger partial charge is 0.248 e. The lowest BCUT2D eigenvalue weighted by Crippen LogP contribution is -2.21. The fraction of sp³-hybridized carbons (Fsp3) is 0.308. The summed E-state index contributed by atoms with van der Waals surface area (Å²) in [6.45, 7) is 2.17. The average molecular weight is 339 g/mol. The molecule has 0 radical (unpaired) electrons. The molecular formula is C13H17N5O4S. The number of carbonyl (C=O) groups excluding carboxylic acids is 1. The molecule has 2 aromatic rings. The van der Waals surface area contributed by atoms with Gasteiger partial charge in [-0.25, -0.2) is 8.42 Å². The van der Waals surface area contributed by atoms with Gasteiger partial charge in [0.15, 0.2) is 5.82 Å². The maximum Gasteiger partial charge on any atom is 0.248 e. The molecule has 0 saturated heterocycles. The van der Waals surface area contributed by atoms with E-state index in [1.54, 1.807) is 24.3 Å². The van der Waals surface area contributed by atoms with Crippen molar-refractivity contribution in [2.45, 2.75) is 13.5 Å². The molecule has 23 heavy (non-hydrogen) atoms. The minimum absolute atomic E-state index is 0.0509. The first-order valence-corrected chi connectivity index (χ1v) is 8.66. The second-order valence-corrected chi connectivity index (χ2v) is 6.36. The highest BCUT2D eigenvalue weighted by atomic mass is 32.2. The Bertz CT molecular complexity index is 787. The zero-order valence-corrected chi connectivity index (χ0v) is 13.5. The predicted octanol–water partition coefficient (Wildman–Crippen LogP) is 0.687. The molecule has 0 saturated carbocycles. The lowest BCUT2D eigenvalue weighted by Gasteiger charge is -2.10. The van der Waals surface area contributed by atoms with Gasteiger partial charge in [0.05, 0.1) is 24.7 Å². The molecule has 0 fully saturated rings. The fourth-order valence-corrected chi connectivity index (χ4v) is 2.25. The average Bonchev–Trinajstić information content (AvgIpc) is 2.86.